The Hall–Kier alpha value is -3.65. The van der Waals surface area contributed by atoms with Crippen LogP contribution in [0.2, 0.25) is 0 Å². The minimum absolute atomic E-state index is 0.180. The summed E-state index contributed by atoms with van der Waals surface area (Å²) >= 11 is 0. The first-order chi connectivity index (χ1) is 17.4. The molecule has 0 radical (unpaired) electrons. The van der Waals surface area contributed by atoms with E-state index in [1.54, 1.807) is 0 Å². The molecule has 180 valence electrons. The van der Waals surface area contributed by atoms with Crippen molar-refractivity contribution in [3.8, 4) is 22.3 Å². The molecule has 0 heterocycles. The zero-order valence-corrected chi connectivity index (χ0v) is 21.5. The molecule has 2 nitrogen and oxygen atoms in total. The highest BCUT2D eigenvalue weighted by molar-refractivity contribution is 5.88. The summed E-state index contributed by atoms with van der Waals surface area (Å²) in [6.07, 6.45) is 1.21. The highest BCUT2D eigenvalue weighted by Crippen LogP contribution is 2.69. The fourth-order valence-electron chi connectivity index (χ4n) is 7.88. The van der Waals surface area contributed by atoms with Gasteiger partial charge < -0.3 is 4.74 Å². The third kappa shape index (κ3) is 2.60. The third-order valence-electron chi connectivity index (χ3n) is 9.43. The second kappa shape index (κ2) is 7.93. The summed E-state index contributed by atoms with van der Waals surface area (Å²) in [7, 11) is 1.51. The fraction of sp³-hybridized carbons (Fsp3) is 0.265. The van der Waals surface area contributed by atoms with E-state index < -0.39 is 10.8 Å². The van der Waals surface area contributed by atoms with E-state index in [2.05, 4.69) is 118 Å². The monoisotopic (exact) mass is 472 g/mol. The minimum Gasteiger partial charge on any atom is -0.469 e. The Morgan fingerprint density at radius 3 is 1.31 bits per heavy atom. The molecule has 0 aliphatic heterocycles. The van der Waals surface area contributed by atoms with Crippen molar-refractivity contribution in [1.29, 1.82) is 0 Å². The van der Waals surface area contributed by atoms with Crippen molar-refractivity contribution in [3.05, 3.63) is 119 Å². The number of rotatable bonds is 5. The zero-order chi connectivity index (χ0) is 25.1. The summed E-state index contributed by atoms with van der Waals surface area (Å²) in [6.45, 7) is 7.08. The van der Waals surface area contributed by atoms with Crippen molar-refractivity contribution in [2.45, 2.75) is 44.4 Å². The molecule has 4 aromatic rings. The number of methoxy groups -OCH3 is 1. The summed E-state index contributed by atoms with van der Waals surface area (Å²) in [5.41, 5.74) is 8.90. The van der Waals surface area contributed by atoms with Crippen LogP contribution in [0.3, 0.4) is 0 Å². The molecule has 0 bridgehead atoms. The van der Waals surface area contributed by atoms with Crippen molar-refractivity contribution in [3.63, 3.8) is 0 Å². The van der Waals surface area contributed by atoms with E-state index in [9.17, 15) is 4.79 Å². The van der Waals surface area contributed by atoms with Gasteiger partial charge in [-0.15, -0.1) is 0 Å². The van der Waals surface area contributed by atoms with E-state index in [1.807, 2.05) is 0 Å². The first-order valence-electron chi connectivity index (χ1n) is 12.9. The molecule has 0 fully saturated rings. The Morgan fingerprint density at radius 2 is 0.972 bits per heavy atom. The molecule has 2 heteroatoms. The standard InChI is InChI=1S/C34H32O2/c1-5-33(27-18-10-6-14-23(27)24-15-7-11-19-28(24)33)32(2,3)34(22-31(35)36-4)29-20-12-8-16-25(29)26-17-9-13-21-30(26)34/h6-21H,5,22H2,1-4H3. The van der Waals surface area contributed by atoms with Crippen LogP contribution < -0.4 is 0 Å². The van der Waals surface area contributed by atoms with Gasteiger partial charge in [-0.1, -0.05) is 118 Å². The van der Waals surface area contributed by atoms with Crippen LogP contribution in [0.25, 0.3) is 22.3 Å². The summed E-state index contributed by atoms with van der Waals surface area (Å²) in [5, 5.41) is 0. The number of fused-ring (bicyclic) bond motifs is 6. The Morgan fingerprint density at radius 1 is 0.639 bits per heavy atom. The number of ether oxygens (including phenoxy) is 1. The van der Waals surface area contributed by atoms with Gasteiger partial charge in [-0.05, 0) is 56.3 Å². The van der Waals surface area contributed by atoms with Crippen molar-refractivity contribution in [2.75, 3.05) is 7.11 Å². The number of carbonyl (C=O) groups is 1. The van der Waals surface area contributed by atoms with Crippen LogP contribution in [0.4, 0.5) is 0 Å². The first kappa shape index (κ1) is 22.8. The van der Waals surface area contributed by atoms with Gasteiger partial charge in [0.15, 0.2) is 0 Å². The average molecular weight is 473 g/mol. The molecule has 36 heavy (non-hydrogen) atoms. The molecule has 0 spiro atoms. The molecule has 0 atom stereocenters. The average Bonchev–Trinajstić information content (AvgIpc) is 3.38. The summed E-state index contributed by atoms with van der Waals surface area (Å²) in [4.78, 5) is 13.3. The van der Waals surface area contributed by atoms with Gasteiger partial charge in [0.05, 0.1) is 13.5 Å². The van der Waals surface area contributed by atoms with Crippen molar-refractivity contribution >= 4 is 5.97 Å². The lowest BCUT2D eigenvalue weighted by Crippen LogP contribution is -2.55. The molecule has 0 unspecified atom stereocenters. The second-order valence-electron chi connectivity index (χ2n) is 10.7. The number of benzene rings is 4. The maximum atomic E-state index is 13.3. The van der Waals surface area contributed by atoms with Crippen LogP contribution in [0.15, 0.2) is 97.1 Å². The molecular weight excluding hydrogens is 440 g/mol. The number of hydrogen-bond acceptors (Lipinski definition) is 2. The SMILES string of the molecule is CCC1(C(C)(C)C2(CC(=O)OC)c3ccccc3-c3ccccc32)c2ccccc2-c2ccccc21. The minimum atomic E-state index is -0.576. The van der Waals surface area contributed by atoms with E-state index in [1.165, 1.54) is 51.6 Å². The third-order valence-corrected chi connectivity index (χ3v) is 9.43. The van der Waals surface area contributed by atoms with Crippen LogP contribution in [-0.2, 0) is 20.4 Å². The molecule has 2 aliphatic rings. The largest absolute Gasteiger partial charge is 0.469 e. The lowest BCUT2D eigenvalue weighted by Gasteiger charge is -2.56. The molecule has 2 aliphatic carbocycles. The molecule has 0 N–H and O–H groups in total. The zero-order valence-electron chi connectivity index (χ0n) is 21.5. The number of carbonyl (C=O) groups excluding carboxylic acids is 1. The van der Waals surface area contributed by atoms with E-state index >= 15 is 0 Å². The molecule has 0 amide bonds. The van der Waals surface area contributed by atoms with Gasteiger partial charge in [0.2, 0.25) is 0 Å². The van der Waals surface area contributed by atoms with Crippen molar-refractivity contribution in [2.24, 2.45) is 5.41 Å². The van der Waals surface area contributed by atoms with Crippen molar-refractivity contribution in [1.82, 2.24) is 0 Å². The Labute approximate surface area is 214 Å². The van der Waals surface area contributed by atoms with Crippen LogP contribution in [0.5, 0.6) is 0 Å². The smallest absolute Gasteiger partial charge is 0.306 e. The molecule has 6 rings (SSSR count). The van der Waals surface area contributed by atoms with Crippen LogP contribution in [0, 0.1) is 5.41 Å². The maximum absolute atomic E-state index is 13.3. The van der Waals surface area contributed by atoms with Gasteiger partial charge in [-0.3, -0.25) is 4.79 Å². The van der Waals surface area contributed by atoms with E-state index in [-0.39, 0.29) is 17.8 Å². The first-order valence-corrected chi connectivity index (χ1v) is 12.9. The van der Waals surface area contributed by atoms with Gasteiger partial charge in [-0.25, -0.2) is 0 Å². The predicted molar refractivity (Wildman–Crippen MR) is 146 cm³/mol. The number of esters is 1. The topological polar surface area (TPSA) is 26.3 Å². The van der Waals surface area contributed by atoms with Crippen LogP contribution in [-0.4, -0.2) is 13.1 Å². The van der Waals surface area contributed by atoms with E-state index in [4.69, 9.17) is 4.74 Å². The van der Waals surface area contributed by atoms with E-state index in [0.29, 0.717) is 0 Å². The summed E-state index contributed by atoms with van der Waals surface area (Å²) in [6, 6.07) is 35.0. The lowest BCUT2D eigenvalue weighted by atomic mass is 9.45. The van der Waals surface area contributed by atoms with E-state index in [0.717, 1.165) is 6.42 Å². The Kier molecular flexibility index (Phi) is 5.02. The molecule has 0 aromatic heterocycles. The van der Waals surface area contributed by atoms with Gasteiger partial charge in [0.1, 0.15) is 0 Å². The van der Waals surface area contributed by atoms with Gasteiger partial charge in [0, 0.05) is 10.8 Å². The summed E-state index contributed by atoms with van der Waals surface area (Å²) in [5.74, 6) is -0.180. The Bertz CT molecular complexity index is 1400. The quantitative estimate of drug-likeness (QED) is 0.276. The predicted octanol–water partition coefficient (Wildman–Crippen LogP) is 7.92. The maximum Gasteiger partial charge on any atom is 0.306 e. The van der Waals surface area contributed by atoms with Gasteiger partial charge >= 0.3 is 5.97 Å². The van der Waals surface area contributed by atoms with Crippen LogP contribution >= 0.6 is 0 Å². The summed E-state index contributed by atoms with van der Waals surface area (Å²) < 4.78 is 5.39. The normalized spacial score (nSPS) is 16.0. The fourth-order valence-corrected chi connectivity index (χ4v) is 7.88. The molecule has 0 saturated heterocycles. The second-order valence-corrected chi connectivity index (χ2v) is 10.7. The van der Waals surface area contributed by atoms with Gasteiger partial charge in [0.25, 0.3) is 0 Å². The molecular formula is C34H32O2. The van der Waals surface area contributed by atoms with Crippen molar-refractivity contribution < 1.29 is 9.53 Å². The molecule has 4 aromatic carbocycles. The lowest BCUT2D eigenvalue weighted by molar-refractivity contribution is -0.143. The van der Waals surface area contributed by atoms with Crippen LogP contribution in [0.1, 0.15) is 55.9 Å². The highest BCUT2D eigenvalue weighted by atomic mass is 16.5. The highest BCUT2D eigenvalue weighted by Gasteiger charge is 2.64. The number of hydrogen-bond donors (Lipinski definition) is 0. The van der Waals surface area contributed by atoms with Gasteiger partial charge in [-0.2, -0.15) is 0 Å². The Balaban J connectivity index is 1.76. The molecule has 0 saturated carbocycles.